The van der Waals surface area contributed by atoms with Crippen molar-refractivity contribution in [2.24, 2.45) is 23.7 Å². The van der Waals surface area contributed by atoms with Gasteiger partial charge in [0.05, 0.1) is 26.4 Å². The number of carbonyl (C=O) groups is 4. The number of aliphatic hydroxyl groups is 1. The quantitative estimate of drug-likeness (QED) is 0.0222. The van der Waals surface area contributed by atoms with Crippen molar-refractivity contribution in [1.29, 1.82) is 0 Å². The zero-order valence-electron chi connectivity index (χ0n) is 65.1. The number of aliphatic hydroxyl groups excluding tert-OH is 1. The second kappa shape index (κ2) is 69.1. The molecule has 0 saturated carbocycles. The minimum atomic E-state index is -4.96. The number of hydrogen-bond donors (Lipinski definition) is 3. The molecule has 0 radical (unpaired) electrons. The van der Waals surface area contributed by atoms with Gasteiger partial charge in [0.25, 0.3) is 0 Å². The van der Waals surface area contributed by atoms with Gasteiger partial charge in [-0.2, -0.15) is 0 Å². The number of esters is 4. The van der Waals surface area contributed by atoms with E-state index in [1.54, 1.807) is 0 Å². The highest BCUT2D eigenvalue weighted by Crippen LogP contribution is 2.45. The third-order valence-electron chi connectivity index (χ3n) is 19.3. The Kier molecular flexibility index (Phi) is 67.8. The van der Waals surface area contributed by atoms with Crippen molar-refractivity contribution in [3.63, 3.8) is 0 Å². The summed E-state index contributed by atoms with van der Waals surface area (Å²) in [5, 5.41) is 10.6. The predicted octanol–water partition coefficient (Wildman–Crippen LogP) is 23.6. The average Bonchev–Trinajstić information content (AvgIpc) is 1.07. The van der Waals surface area contributed by atoms with Crippen LogP contribution in [0.1, 0.15) is 409 Å². The summed E-state index contributed by atoms with van der Waals surface area (Å²) >= 11 is 0. The third-order valence-corrected chi connectivity index (χ3v) is 21.2. The molecule has 4 unspecified atom stereocenters. The first kappa shape index (κ1) is 97.1. The molecule has 0 aromatic heterocycles. The Bertz CT molecular complexity index is 1940. The summed E-state index contributed by atoms with van der Waals surface area (Å²) in [4.78, 5) is 72.9. The van der Waals surface area contributed by atoms with Crippen LogP contribution in [0, 0.1) is 23.7 Å². The predicted molar refractivity (Wildman–Crippen MR) is 404 cm³/mol. The van der Waals surface area contributed by atoms with Gasteiger partial charge in [0.1, 0.15) is 19.3 Å². The number of ether oxygens (including phenoxy) is 4. The molecule has 0 aromatic carbocycles. The Labute approximate surface area is 607 Å². The number of phosphoric ester groups is 2. The summed E-state index contributed by atoms with van der Waals surface area (Å²) in [6.45, 7) is 14.2. The molecule has 0 aliphatic carbocycles. The molecule has 19 heteroatoms. The van der Waals surface area contributed by atoms with Crippen molar-refractivity contribution in [2.75, 3.05) is 39.6 Å². The summed E-state index contributed by atoms with van der Waals surface area (Å²) in [6.07, 6.45) is 55.6. The average molecular weight is 1450 g/mol. The zero-order chi connectivity index (χ0) is 73.1. The van der Waals surface area contributed by atoms with Crippen molar-refractivity contribution >= 4 is 39.5 Å². The standard InChI is InChI=1S/C80H156O17P2/c1-9-72(7)58-50-42-34-28-22-17-15-13-11-12-14-16-18-24-30-36-46-54-62-79(84)96-75(66-90-77(82)60-52-44-35-29-23-20-19-21-26-32-40-48-56-70(3)4)68-94-98(86,87)92-64-74(81)65-93-99(88,89)95-69-76(67-91-78(83)61-53-45-39-38-43-51-59-73(8)10-2)97-80(85)63-55-47-37-31-25-27-33-41-49-57-71(5)6/h70-76,81H,9-69H2,1-8H3,(H,86,87)(H,88,89)/t72?,73?,74-,75-,76-/m1/s1. The van der Waals surface area contributed by atoms with Crippen LogP contribution in [0.25, 0.3) is 0 Å². The minimum Gasteiger partial charge on any atom is -0.462 e. The highest BCUT2D eigenvalue weighted by atomic mass is 31.2. The first-order chi connectivity index (χ1) is 47.7. The van der Waals surface area contributed by atoms with Gasteiger partial charge in [-0.3, -0.25) is 37.3 Å². The van der Waals surface area contributed by atoms with Crippen LogP contribution in [0.3, 0.4) is 0 Å². The molecule has 7 atom stereocenters. The van der Waals surface area contributed by atoms with E-state index in [9.17, 15) is 43.2 Å². The monoisotopic (exact) mass is 1450 g/mol. The van der Waals surface area contributed by atoms with E-state index in [-0.39, 0.29) is 25.7 Å². The fourth-order valence-electron chi connectivity index (χ4n) is 12.2. The SMILES string of the molecule is CCC(C)CCCCCCCCCCCCCCCCCCCCC(=O)O[C@H](COC(=O)CCCCCCCCCCCCCCC(C)C)COP(=O)(O)OC[C@@H](O)COP(=O)(O)OC[C@@H](COC(=O)CCCCCCCCC(C)CC)OC(=O)CCCCCCCCCCCC(C)C. The first-order valence-electron chi connectivity index (χ1n) is 41.3. The van der Waals surface area contributed by atoms with Crippen molar-refractivity contribution in [3.8, 4) is 0 Å². The maximum Gasteiger partial charge on any atom is 0.472 e. The Morgan fingerprint density at radius 3 is 0.717 bits per heavy atom. The molecular formula is C80H156O17P2. The van der Waals surface area contributed by atoms with Crippen molar-refractivity contribution in [3.05, 3.63) is 0 Å². The highest BCUT2D eigenvalue weighted by Gasteiger charge is 2.30. The van der Waals surface area contributed by atoms with Crippen molar-refractivity contribution in [2.45, 2.75) is 427 Å². The van der Waals surface area contributed by atoms with Gasteiger partial charge in [-0.25, -0.2) is 9.13 Å². The molecule has 0 bridgehead atoms. The highest BCUT2D eigenvalue weighted by molar-refractivity contribution is 7.47. The number of carbonyl (C=O) groups excluding carboxylic acids is 4. The van der Waals surface area contributed by atoms with Gasteiger partial charge in [-0.05, 0) is 49.4 Å². The lowest BCUT2D eigenvalue weighted by Crippen LogP contribution is -2.30. The van der Waals surface area contributed by atoms with Crippen LogP contribution in [0.2, 0.25) is 0 Å². The first-order valence-corrected chi connectivity index (χ1v) is 44.3. The molecule has 0 fully saturated rings. The van der Waals surface area contributed by atoms with Gasteiger partial charge in [-0.1, -0.05) is 357 Å². The maximum absolute atomic E-state index is 13.1. The topological polar surface area (TPSA) is 237 Å². The van der Waals surface area contributed by atoms with E-state index < -0.39 is 97.5 Å². The van der Waals surface area contributed by atoms with Crippen LogP contribution in [0.5, 0.6) is 0 Å². The number of unbranched alkanes of at least 4 members (excludes halogenated alkanes) is 41. The maximum atomic E-state index is 13.1. The summed E-state index contributed by atoms with van der Waals surface area (Å²) in [5.41, 5.74) is 0. The molecule has 99 heavy (non-hydrogen) atoms. The molecule has 588 valence electrons. The largest absolute Gasteiger partial charge is 0.472 e. The molecule has 0 spiro atoms. The molecule has 0 aromatic rings. The van der Waals surface area contributed by atoms with Crippen LogP contribution in [0.4, 0.5) is 0 Å². The van der Waals surface area contributed by atoms with Crippen LogP contribution in [0.15, 0.2) is 0 Å². The molecule has 0 heterocycles. The lowest BCUT2D eigenvalue weighted by molar-refractivity contribution is -0.161. The zero-order valence-corrected chi connectivity index (χ0v) is 66.9. The Morgan fingerprint density at radius 2 is 0.485 bits per heavy atom. The normalized spacial score (nSPS) is 14.6. The Hall–Kier alpha value is -1.94. The molecule has 3 N–H and O–H groups in total. The molecular weight excluding hydrogens is 1290 g/mol. The summed E-state index contributed by atoms with van der Waals surface area (Å²) < 4.78 is 68.6. The van der Waals surface area contributed by atoms with Gasteiger partial charge in [0.15, 0.2) is 12.2 Å². The molecule has 0 rings (SSSR count). The number of hydrogen-bond acceptors (Lipinski definition) is 15. The Morgan fingerprint density at radius 1 is 0.283 bits per heavy atom. The van der Waals surface area contributed by atoms with Gasteiger partial charge in [-0.15, -0.1) is 0 Å². The van der Waals surface area contributed by atoms with Crippen molar-refractivity contribution in [1.82, 2.24) is 0 Å². The van der Waals surface area contributed by atoms with Gasteiger partial charge < -0.3 is 33.8 Å². The van der Waals surface area contributed by atoms with Gasteiger partial charge in [0.2, 0.25) is 0 Å². The van der Waals surface area contributed by atoms with Crippen LogP contribution in [-0.4, -0.2) is 96.7 Å². The fourth-order valence-corrected chi connectivity index (χ4v) is 13.8. The van der Waals surface area contributed by atoms with E-state index in [1.807, 2.05) is 0 Å². The smallest absolute Gasteiger partial charge is 0.462 e. The second-order valence-electron chi connectivity index (χ2n) is 30.2. The molecule has 0 amide bonds. The lowest BCUT2D eigenvalue weighted by atomic mass is 9.99. The van der Waals surface area contributed by atoms with Crippen LogP contribution < -0.4 is 0 Å². The third kappa shape index (κ3) is 71.5. The summed E-state index contributed by atoms with van der Waals surface area (Å²) in [7, 11) is -9.92. The summed E-state index contributed by atoms with van der Waals surface area (Å²) in [6, 6.07) is 0. The summed E-state index contributed by atoms with van der Waals surface area (Å²) in [5.74, 6) is 1.00. The molecule has 17 nitrogen and oxygen atoms in total. The van der Waals surface area contributed by atoms with E-state index in [0.717, 1.165) is 120 Å². The Balaban J connectivity index is 5.21. The second-order valence-corrected chi connectivity index (χ2v) is 33.1. The molecule has 0 aliphatic rings. The van der Waals surface area contributed by atoms with Gasteiger partial charge >= 0.3 is 39.5 Å². The van der Waals surface area contributed by atoms with E-state index in [0.29, 0.717) is 25.7 Å². The van der Waals surface area contributed by atoms with Crippen LogP contribution >= 0.6 is 15.6 Å². The molecule has 0 aliphatic heterocycles. The number of phosphoric acid groups is 2. The minimum absolute atomic E-state index is 0.104. The van der Waals surface area contributed by atoms with E-state index in [1.165, 1.54) is 205 Å². The molecule has 0 saturated heterocycles. The number of rotatable bonds is 77. The van der Waals surface area contributed by atoms with Crippen molar-refractivity contribution < 1.29 is 80.2 Å². The van der Waals surface area contributed by atoms with E-state index in [2.05, 4.69) is 55.4 Å². The fraction of sp³-hybridized carbons (Fsp3) is 0.950. The van der Waals surface area contributed by atoms with E-state index >= 15 is 0 Å². The van der Waals surface area contributed by atoms with Gasteiger partial charge in [0, 0.05) is 25.7 Å². The van der Waals surface area contributed by atoms with E-state index in [4.69, 9.17) is 37.0 Å². The van der Waals surface area contributed by atoms with Crippen LogP contribution in [-0.2, 0) is 65.4 Å². The lowest BCUT2D eigenvalue weighted by Gasteiger charge is -2.21.